The van der Waals surface area contributed by atoms with E-state index in [1.807, 2.05) is 0 Å². The van der Waals surface area contributed by atoms with Gasteiger partial charge in [0.25, 0.3) is 0 Å². The van der Waals surface area contributed by atoms with Crippen molar-refractivity contribution in [2.75, 3.05) is 19.8 Å². The lowest BCUT2D eigenvalue weighted by molar-refractivity contribution is -0.145. The van der Waals surface area contributed by atoms with E-state index in [1.165, 1.54) is 38.5 Å². The van der Waals surface area contributed by atoms with Gasteiger partial charge in [-0.3, -0.25) is 4.79 Å². The Hall–Kier alpha value is -0.410. The van der Waals surface area contributed by atoms with Gasteiger partial charge in [0.15, 0.2) is 0 Å². The van der Waals surface area contributed by atoms with Gasteiger partial charge in [-0.1, -0.05) is 0 Å². The van der Waals surface area contributed by atoms with Gasteiger partial charge in [-0.25, -0.2) is 0 Å². The van der Waals surface area contributed by atoms with Crippen molar-refractivity contribution in [3.63, 3.8) is 0 Å². The summed E-state index contributed by atoms with van der Waals surface area (Å²) < 4.78 is 5.49. The maximum Gasteiger partial charge on any atom is 0.140 e. The van der Waals surface area contributed by atoms with Crippen LogP contribution in [0.2, 0.25) is 0 Å². The van der Waals surface area contributed by atoms with E-state index in [0.717, 1.165) is 37.5 Å². The van der Waals surface area contributed by atoms with Crippen LogP contribution in [0.4, 0.5) is 0 Å². The van der Waals surface area contributed by atoms with E-state index in [4.69, 9.17) is 4.74 Å². The summed E-state index contributed by atoms with van der Waals surface area (Å²) in [5.41, 5.74) is 0.0773. The highest BCUT2D eigenvalue weighted by Crippen LogP contribution is 2.60. The zero-order valence-electron chi connectivity index (χ0n) is 11.7. The first kappa shape index (κ1) is 12.3. The van der Waals surface area contributed by atoms with Crippen LogP contribution < -0.4 is 5.32 Å². The quantitative estimate of drug-likeness (QED) is 0.848. The lowest BCUT2D eigenvalue weighted by Gasteiger charge is -2.56. The van der Waals surface area contributed by atoms with Gasteiger partial charge in [-0.15, -0.1) is 0 Å². The monoisotopic (exact) mass is 263 g/mol. The summed E-state index contributed by atoms with van der Waals surface area (Å²) in [6.45, 7) is 2.42. The number of carbonyl (C=O) groups excluding carboxylic acids is 1. The molecule has 5 aliphatic rings. The largest absolute Gasteiger partial charge is 0.379 e. The molecule has 1 aliphatic heterocycles. The Labute approximate surface area is 115 Å². The minimum absolute atomic E-state index is 0.0773. The summed E-state index contributed by atoms with van der Waals surface area (Å²) in [7, 11) is 0. The first-order valence-corrected chi connectivity index (χ1v) is 8.08. The number of ether oxygens (including phenoxy) is 1. The van der Waals surface area contributed by atoms with Crippen LogP contribution in [0.25, 0.3) is 0 Å². The smallest absolute Gasteiger partial charge is 0.140 e. The summed E-state index contributed by atoms with van der Waals surface area (Å²) in [5.74, 6) is 3.15. The van der Waals surface area contributed by atoms with E-state index < -0.39 is 0 Å². The van der Waals surface area contributed by atoms with E-state index in [1.54, 1.807) is 0 Å². The molecule has 0 amide bonds. The minimum atomic E-state index is 0.0773. The zero-order chi connectivity index (χ0) is 12.9. The normalized spacial score (nSPS) is 48.4. The second-order valence-corrected chi connectivity index (χ2v) is 7.55. The van der Waals surface area contributed by atoms with Gasteiger partial charge in [0, 0.05) is 24.4 Å². The van der Waals surface area contributed by atoms with E-state index >= 15 is 0 Å². The molecule has 4 bridgehead atoms. The predicted octanol–water partition coefficient (Wildman–Crippen LogP) is 2.15. The second kappa shape index (κ2) is 4.56. The van der Waals surface area contributed by atoms with Gasteiger partial charge in [0.05, 0.1) is 13.2 Å². The van der Waals surface area contributed by atoms with E-state index in [0.29, 0.717) is 12.2 Å². The van der Waals surface area contributed by atoms with Gasteiger partial charge < -0.3 is 10.1 Å². The predicted molar refractivity (Wildman–Crippen MR) is 72.8 cm³/mol. The fraction of sp³-hybridized carbons (Fsp3) is 0.938. The molecular weight excluding hydrogens is 238 g/mol. The molecule has 19 heavy (non-hydrogen) atoms. The molecule has 1 heterocycles. The van der Waals surface area contributed by atoms with E-state index in [-0.39, 0.29) is 11.5 Å². The lowest BCUT2D eigenvalue weighted by atomic mass is 9.48. The highest BCUT2D eigenvalue weighted by molar-refractivity contribution is 5.86. The summed E-state index contributed by atoms with van der Waals surface area (Å²) >= 11 is 0. The van der Waals surface area contributed by atoms with Gasteiger partial charge in [-0.2, -0.15) is 0 Å². The highest BCUT2D eigenvalue weighted by Gasteiger charge is 2.54. The van der Waals surface area contributed by atoms with Gasteiger partial charge in [0.1, 0.15) is 5.78 Å². The third-order valence-corrected chi connectivity index (χ3v) is 6.06. The molecule has 1 atom stereocenters. The summed E-state index contributed by atoms with van der Waals surface area (Å²) in [5, 5.41) is 3.44. The van der Waals surface area contributed by atoms with Crippen molar-refractivity contribution in [3.05, 3.63) is 0 Å². The maximum atomic E-state index is 12.9. The van der Waals surface area contributed by atoms with Crippen molar-refractivity contribution in [2.45, 2.75) is 51.0 Å². The Morgan fingerprint density at radius 1 is 1.11 bits per heavy atom. The summed E-state index contributed by atoms with van der Waals surface area (Å²) in [4.78, 5) is 12.9. The third kappa shape index (κ3) is 2.15. The van der Waals surface area contributed by atoms with Crippen LogP contribution in [-0.4, -0.2) is 31.6 Å². The van der Waals surface area contributed by atoms with Crippen LogP contribution in [-0.2, 0) is 9.53 Å². The maximum absolute atomic E-state index is 12.9. The SMILES string of the molecule is O=C(CC1COCCN1)C12CC3CC(CC(C3)C1)C2. The molecule has 3 heteroatoms. The van der Waals surface area contributed by atoms with Crippen molar-refractivity contribution in [3.8, 4) is 0 Å². The molecule has 4 aliphatic carbocycles. The van der Waals surface area contributed by atoms with Gasteiger partial charge in [-0.05, 0) is 56.3 Å². The Balaban J connectivity index is 1.47. The summed E-state index contributed by atoms with van der Waals surface area (Å²) in [6.07, 6.45) is 8.54. The van der Waals surface area contributed by atoms with Crippen LogP contribution in [0.1, 0.15) is 44.9 Å². The molecule has 0 spiro atoms. The Bertz CT molecular complexity index is 338. The fourth-order valence-corrected chi connectivity index (χ4v) is 5.64. The highest BCUT2D eigenvalue weighted by atomic mass is 16.5. The number of carbonyl (C=O) groups is 1. The fourth-order valence-electron chi connectivity index (χ4n) is 5.64. The minimum Gasteiger partial charge on any atom is -0.379 e. The number of morpholine rings is 1. The van der Waals surface area contributed by atoms with E-state index in [2.05, 4.69) is 5.32 Å². The van der Waals surface area contributed by atoms with Crippen molar-refractivity contribution in [2.24, 2.45) is 23.2 Å². The third-order valence-electron chi connectivity index (χ3n) is 6.06. The Kier molecular flexibility index (Phi) is 2.96. The molecular formula is C16H25NO2. The van der Waals surface area contributed by atoms with Crippen molar-refractivity contribution in [1.29, 1.82) is 0 Å². The number of Topliss-reactive ketones (excluding diaryl/α,β-unsaturated/α-hetero) is 1. The van der Waals surface area contributed by atoms with Crippen molar-refractivity contribution < 1.29 is 9.53 Å². The molecule has 1 N–H and O–H groups in total. The average Bonchev–Trinajstić information content (AvgIpc) is 2.38. The van der Waals surface area contributed by atoms with Crippen LogP contribution in [0.3, 0.4) is 0 Å². The first-order valence-electron chi connectivity index (χ1n) is 8.08. The molecule has 5 rings (SSSR count). The molecule has 5 fully saturated rings. The van der Waals surface area contributed by atoms with Crippen molar-refractivity contribution in [1.82, 2.24) is 5.32 Å². The number of rotatable bonds is 3. The first-order chi connectivity index (χ1) is 9.23. The second-order valence-electron chi connectivity index (χ2n) is 7.55. The number of nitrogens with one attached hydrogen (secondary N) is 1. The van der Waals surface area contributed by atoms with E-state index in [9.17, 15) is 4.79 Å². The molecule has 0 aromatic carbocycles. The topological polar surface area (TPSA) is 38.3 Å². The molecule has 4 saturated carbocycles. The molecule has 0 aromatic rings. The summed E-state index contributed by atoms with van der Waals surface area (Å²) in [6, 6.07) is 0.272. The van der Waals surface area contributed by atoms with Crippen LogP contribution >= 0.6 is 0 Å². The average molecular weight is 263 g/mol. The molecule has 1 saturated heterocycles. The zero-order valence-corrected chi connectivity index (χ0v) is 11.7. The molecule has 3 nitrogen and oxygen atoms in total. The lowest BCUT2D eigenvalue weighted by Crippen LogP contribution is -2.52. The van der Waals surface area contributed by atoms with Crippen LogP contribution in [0.15, 0.2) is 0 Å². The number of hydrogen-bond acceptors (Lipinski definition) is 3. The van der Waals surface area contributed by atoms with Crippen LogP contribution in [0, 0.1) is 23.2 Å². The number of ketones is 1. The van der Waals surface area contributed by atoms with Gasteiger partial charge >= 0.3 is 0 Å². The molecule has 106 valence electrons. The van der Waals surface area contributed by atoms with Crippen LogP contribution in [0.5, 0.6) is 0 Å². The molecule has 1 unspecified atom stereocenters. The molecule has 0 aromatic heterocycles. The Morgan fingerprint density at radius 3 is 2.26 bits per heavy atom. The van der Waals surface area contributed by atoms with Gasteiger partial charge in [0.2, 0.25) is 0 Å². The number of hydrogen-bond donors (Lipinski definition) is 1. The van der Waals surface area contributed by atoms with Crippen molar-refractivity contribution >= 4 is 5.78 Å². The standard InChI is InChI=1S/C16H25NO2/c18-15(6-14-10-19-2-1-17-14)16-7-11-3-12(8-16)5-13(4-11)9-16/h11-14,17H,1-10H2. The molecule has 0 radical (unpaired) electrons. The Morgan fingerprint density at radius 2 is 1.74 bits per heavy atom.